The summed E-state index contributed by atoms with van der Waals surface area (Å²) in [7, 11) is 0. The second-order valence-corrected chi connectivity index (χ2v) is 5.26. The molecule has 0 spiro atoms. The first-order valence-corrected chi connectivity index (χ1v) is 7.33. The van der Waals surface area contributed by atoms with Crippen molar-refractivity contribution in [3.05, 3.63) is 66.2 Å². The third kappa shape index (κ3) is 4.03. The summed E-state index contributed by atoms with van der Waals surface area (Å²) < 4.78 is 37.4. The Labute approximate surface area is 140 Å². The molecule has 0 saturated heterocycles. The lowest BCUT2D eigenvalue weighted by atomic mass is 10.1. The number of alkyl halides is 3. The Morgan fingerprint density at radius 2 is 1.92 bits per heavy atom. The first-order valence-electron chi connectivity index (χ1n) is 7.33. The number of amides is 2. The number of hydrogen-bond acceptors (Lipinski definition) is 3. The molecule has 1 aromatic carbocycles. The summed E-state index contributed by atoms with van der Waals surface area (Å²) in [5.41, 5.74) is 0.110. The van der Waals surface area contributed by atoms with E-state index in [1.165, 1.54) is 6.07 Å². The molecule has 3 aromatic rings. The molecule has 128 valence electrons. The quantitative estimate of drug-likeness (QED) is 0.754. The molecule has 0 atom stereocenters. The number of fused-ring (bicyclic) bond motifs is 1. The monoisotopic (exact) mass is 346 g/mol. The fourth-order valence-corrected chi connectivity index (χ4v) is 2.28. The fourth-order valence-electron chi connectivity index (χ4n) is 2.28. The molecule has 0 aliphatic carbocycles. The van der Waals surface area contributed by atoms with Gasteiger partial charge in [-0.15, -0.1) is 0 Å². The van der Waals surface area contributed by atoms with Gasteiger partial charge in [0.1, 0.15) is 5.69 Å². The summed E-state index contributed by atoms with van der Waals surface area (Å²) in [5, 5.41) is 7.01. The van der Waals surface area contributed by atoms with Gasteiger partial charge in [0, 0.05) is 35.9 Å². The van der Waals surface area contributed by atoms with Crippen molar-refractivity contribution in [2.75, 3.05) is 5.32 Å². The number of rotatable bonds is 3. The maximum Gasteiger partial charge on any atom is 0.433 e. The van der Waals surface area contributed by atoms with Crippen molar-refractivity contribution in [1.29, 1.82) is 0 Å². The largest absolute Gasteiger partial charge is 0.433 e. The van der Waals surface area contributed by atoms with Crippen molar-refractivity contribution in [2.45, 2.75) is 12.7 Å². The molecule has 0 bridgehead atoms. The Kier molecular flexibility index (Phi) is 4.51. The molecule has 8 heteroatoms. The van der Waals surface area contributed by atoms with E-state index in [9.17, 15) is 18.0 Å². The predicted molar refractivity (Wildman–Crippen MR) is 86.8 cm³/mol. The molecule has 2 aromatic heterocycles. The minimum atomic E-state index is -4.48. The second-order valence-electron chi connectivity index (χ2n) is 5.26. The van der Waals surface area contributed by atoms with Crippen molar-refractivity contribution < 1.29 is 18.0 Å². The number of halogens is 3. The van der Waals surface area contributed by atoms with Gasteiger partial charge in [-0.25, -0.2) is 4.79 Å². The topological polar surface area (TPSA) is 66.9 Å². The second kappa shape index (κ2) is 6.76. The van der Waals surface area contributed by atoms with Crippen molar-refractivity contribution >= 4 is 22.5 Å². The van der Waals surface area contributed by atoms with E-state index >= 15 is 0 Å². The van der Waals surface area contributed by atoms with E-state index in [0.29, 0.717) is 11.3 Å². The van der Waals surface area contributed by atoms with Crippen molar-refractivity contribution in [1.82, 2.24) is 15.3 Å². The highest BCUT2D eigenvalue weighted by molar-refractivity contribution is 6.01. The summed E-state index contributed by atoms with van der Waals surface area (Å²) in [6.45, 7) is 0.0588. The molecule has 2 heterocycles. The number of aromatic nitrogens is 2. The number of pyridine rings is 2. The van der Waals surface area contributed by atoms with E-state index in [-0.39, 0.29) is 6.54 Å². The number of anilines is 1. The Balaban J connectivity index is 1.63. The molecule has 0 unspecified atom stereocenters. The van der Waals surface area contributed by atoms with Crippen LogP contribution in [-0.4, -0.2) is 16.0 Å². The van der Waals surface area contributed by atoms with Gasteiger partial charge >= 0.3 is 12.2 Å². The minimum Gasteiger partial charge on any atom is -0.334 e. The van der Waals surface area contributed by atoms with Crippen molar-refractivity contribution in [2.24, 2.45) is 0 Å². The normalized spacial score (nSPS) is 11.3. The molecule has 0 saturated carbocycles. The molecule has 0 fully saturated rings. The highest BCUT2D eigenvalue weighted by atomic mass is 19.4. The zero-order chi connectivity index (χ0) is 17.9. The van der Waals surface area contributed by atoms with Gasteiger partial charge in [-0.3, -0.25) is 9.97 Å². The molecule has 5 nitrogen and oxygen atoms in total. The SMILES string of the molecule is O=C(NCc1ccc(C(F)(F)F)nc1)Nc1cccc2cnccc12. The average molecular weight is 346 g/mol. The van der Waals surface area contributed by atoms with E-state index in [1.807, 2.05) is 6.07 Å². The van der Waals surface area contributed by atoms with Crippen LogP contribution in [0, 0.1) is 0 Å². The average Bonchev–Trinajstić information content (AvgIpc) is 2.60. The number of nitrogens with zero attached hydrogens (tertiary/aromatic N) is 2. The van der Waals surface area contributed by atoms with Crippen LogP contribution >= 0.6 is 0 Å². The molecule has 0 radical (unpaired) electrons. The van der Waals surface area contributed by atoms with Crippen LogP contribution in [0.5, 0.6) is 0 Å². The number of hydrogen-bond donors (Lipinski definition) is 2. The van der Waals surface area contributed by atoms with Crippen molar-refractivity contribution in [3.8, 4) is 0 Å². The van der Waals surface area contributed by atoms with Crippen molar-refractivity contribution in [3.63, 3.8) is 0 Å². The van der Waals surface area contributed by atoms with Crippen LogP contribution in [0.25, 0.3) is 10.8 Å². The third-order valence-electron chi connectivity index (χ3n) is 3.50. The molecule has 0 aliphatic rings. The first-order chi connectivity index (χ1) is 11.9. The molecule has 25 heavy (non-hydrogen) atoms. The maximum atomic E-state index is 12.5. The number of carbonyl (C=O) groups excluding carboxylic acids is 1. The third-order valence-corrected chi connectivity index (χ3v) is 3.50. The number of benzene rings is 1. The zero-order valence-corrected chi connectivity index (χ0v) is 12.8. The Morgan fingerprint density at radius 3 is 2.64 bits per heavy atom. The highest BCUT2D eigenvalue weighted by Gasteiger charge is 2.31. The summed E-state index contributed by atoms with van der Waals surface area (Å²) in [5.74, 6) is 0. The molecule has 2 amide bonds. The van der Waals surface area contributed by atoms with Gasteiger partial charge < -0.3 is 10.6 Å². The van der Waals surface area contributed by atoms with Gasteiger partial charge in [0.2, 0.25) is 0 Å². The van der Waals surface area contributed by atoms with E-state index in [0.717, 1.165) is 23.0 Å². The van der Waals surface area contributed by atoms with Gasteiger partial charge in [0.25, 0.3) is 0 Å². The number of urea groups is 1. The molecule has 0 aliphatic heterocycles. The predicted octanol–water partition coefficient (Wildman–Crippen LogP) is 3.97. The lowest BCUT2D eigenvalue weighted by Crippen LogP contribution is -2.28. The molecular weight excluding hydrogens is 333 g/mol. The van der Waals surface area contributed by atoms with Crippen LogP contribution in [0.4, 0.5) is 23.7 Å². The summed E-state index contributed by atoms with van der Waals surface area (Å²) >= 11 is 0. The van der Waals surface area contributed by atoms with E-state index in [2.05, 4.69) is 20.6 Å². The van der Waals surface area contributed by atoms with Crippen LogP contribution in [-0.2, 0) is 12.7 Å². The lowest BCUT2D eigenvalue weighted by molar-refractivity contribution is -0.141. The van der Waals surface area contributed by atoms with E-state index < -0.39 is 17.9 Å². The van der Waals surface area contributed by atoms with Gasteiger partial charge in [-0.1, -0.05) is 18.2 Å². The number of nitrogens with one attached hydrogen (secondary N) is 2. The van der Waals surface area contributed by atoms with Crippen LogP contribution in [0.15, 0.2) is 55.0 Å². The molecular formula is C17H13F3N4O. The summed E-state index contributed by atoms with van der Waals surface area (Å²) in [4.78, 5) is 19.4. The standard InChI is InChI=1S/C17H13F3N4O/c18-17(19,20)15-5-4-11(8-22-15)9-23-16(25)24-14-3-1-2-12-10-21-7-6-13(12)14/h1-8,10H,9H2,(H2,23,24,25). The van der Waals surface area contributed by atoms with Gasteiger partial charge in [-0.2, -0.15) is 13.2 Å². The smallest absolute Gasteiger partial charge is 0.334 e. The zero-order valence-electron chi connectivity index (χ0n) is 12.8. The first kappa shape index (κ1) is 16.7. The Bertz CT molecular complexity index is 889. The van der Waals surface area contributed by atoms with Crippen LogP contribution < -0.4 is 10.6 Å². The Hall–Kier alpha value is -3.16. The van der Waals surface area contributed by atoms with Gasteiger partial charge in [0.05, 0.1) is 5.69 Å². The van der Waals surface area contributed by atoms with Gasteiger partial charge in [0.15, 0.2) is 0 Å². The molecule has 2 N–H and O–H groups in total. The van der Waals surface area contributed by atoms with Crippen LogP contribution in [0.3, 0.4) is 0 Å². The van der Waals surface area contributed by atoms with Crippen LogP contribution in [0.1, 0.15) is 11.3 Å². The highest BCUT2D eigenvalue weighted by Crippen LogP contribution is 2.27. The number of carbonyl (C=O) groups is 1. The lowest BCUT2D eigenvalue weighted by Gasteiger charge is -2.10. The Morgan fingerprint density at radius 1 is 1.08 bits per heavy atom. The molecule has 3 rings (SSSR count). The summed E-state index contributed by atoms with van der Waals surface area (Å²) in [6.07, 6.45) is -0.0785. The van der Waals surface area contributed by atoms with E-state index in [1.54, 1.807) is 30.6 Å². The maximum absolute atomic E-state index is 12.5. The van der Waals surface area contributed by atoms with Gasteiger partial charge in [-0.05, 0) is 23.8 Å². The van der Waals surface area contributed by atoms with E-state index in [4.69, 9.17) is 0 Å². The summed E-state index contributed by atoms with van der Waals surface area (Å²) in [6, 6.07) is 8.89. The van der Waals surface area contributed by atoms with Crippen LogP contribution in [0.2, 0.25) is 0 Å². The minimum absolute atomic E-state index is 0.0588. The fraction of sp³-hybridized carbons (Fsp3) is 0.118.